The van der Waals surface area contributed by atoms with Gasteiger partial charge >= 0.3 is 0 Å². The van der Waals surface area contributed by atoms with Crippen molar-refractivity contribution in [2.45, 2.75) is 13.3 Å². The van der Waals surface area contributed by atoms with Crippen LogP contribution >= 0.6 is 22.9 Å². The molecule has 1 aliphatic heterocycles. The van der Waals surface area contributed by atoms with E-state index in [9.17, 15) is 4.79 Å². The molecule has 3 heterocycles. The number of ether oxygens (including phenoxy) is 3. The van der Waals surface area contributed by atoms with Crippen LogP contribution in [-0.4, -0.2) is 67.3 Å². The van der Waals surface area contributed by atoms with Crippen LogP contribution in [-0.2, 0) is 4.74 Å². The summed E-state index contributed by atoms with van der Waals surface area (Å²) >= 11 is 7.74. The van der Waals surface area contributed by atoms with Gasteiger partial charge in [0.1, 0.15) is 12.1 Å². The number of benzene rings is 3. The van der Waals surface area contributed by atoms with Crippen molar-refractivity contribution in [1.29, 1.82) is 0 Å². The molecule has 0 unspecified atom stereocenters. The number of anilines is 3. The maximum absolute atomic E-state index is 13.0. The van der Waals surface area contributed by atoms with Crippen molar-refractivity contribution in [3.63, 3.8) is 0 Å². The first-order valence-electron chi connectivity index (χ1n) is 14.1. The molecule has 1 saturated heterocycles. The second-order valence-electron chi connectivity index (χ2n) is 10.3. The average Bonchev–Trinajstić information content (AvgIpc) is 3.45. The molecule has 3 aromatic carbocycles. The van der Waals surface area contributed by atoms with Gasteiger partial charge in [0, 0.05) is 41.5 Å². The predicted octanol–water partition coefficient (Wildman–Crippen LogP) is 6.91. The Labute approximate surface area is 258 Å². The zero-order valence-corrected chi connectivity index (χ0v) is 25.6. The summed E-state index contributed by atoms with van der Waals surface area (Å²) in [5.74, 6) is 1.72. The van der Waals surface area contributed by atoms with Gasteiger partial charge in [-0.05, 0) is 60.7 Å². The molecule has 1 fully saturated rings. The normalized spacial score (nSPS) is 13.7. The van der Waals surface area contributed by atoms with Crippen LogP contribution in [0.25, 0.3) is 21.0 Å². The van der Waals surface area contributed by atoms with Gasteiger partial charge in [0.2, 0.25) is 0 Å². The average molecular weight is 618 g/mol. The SMILES string of the molecule is COc1cc2c(Nc3ccc4sc(C(=O)Nc5c(C)cccc5Cl)cc4c3)ncnc2cc1OCCCN1CCOCC1. The molecule has 0 bridgehead atoms. The Morgan fingerprint density at radius 1 is 1.09 bits per heavy atom. The molecule has 1 amide bonds. The summed E-state index contributed by atoms with van der Waals surface area (Å²) in [5, 5.41) is 8.63. The summed E-state index contributed by atoms with van der Waals surface area (Å²) in [6.07, 6.45) is 2.44. The van der Waals surface area contributed by atoms with Gasteiger partial charge in [0.15, 0.2) is 11.5 Å². The molecule has 1 aliphatic rings. The molecule has 0 aliphatic carbocycles. The van der Waals surface area contributed by atoms with Gasteiger partial charge in [0.25, 0.3) is 5.91 Å². The molecule has 0 atom stereocenters. The number of aromatic nitrogens is 2. The maximum Gasteiger partial charge on any atom is 0.265 e. The molecular formula is C32H32ClN5O4S. The van der Waals surface area contributed by atoms with Crippen molar-refractivity contribution in [3.8, 4) is 11.5 Å². The van der Waals surface area contributed by atoms with Gasteiger partial charge in [-0.25, -0.2) is 9.97 Å². The number of morpholine rings is 1. The van der Waals surface area contributed by atoms with Crippen molar-refractivity contribution >= 4 is 67.0 Å². The summed E-state index contributed by atoms with van der Waals surface area (Å²) < 4.78 is 18.2. The summed E-state index contributed by atoms with van der Waals surface area (Å²) in [6, 6.07) is 17.2. The van der Waals surface area contributed by atoms with Gasteiger partial charge in [-0.15, -0.1) is 11.3 Å². The third-order valence-electron chi connectivity index (χ3n) is 7.36. The number of nitrogens with zero attached hydrogens (tertiary/aromatic N) is 3. The molecule has 6 rings (SSSR count). The maximum atomic E-state index is 13.0. The number of hydrogen-bond acceptors (Lipinski definition) is 9. The molecule has 222 valence electrons. The number of amides is 1. The number of hydrogen-bond donors (Lipinski definition) is 2. The molecular weight excluding hydrogens is 586 g/mol. The van der Waals surface area contributed by atoms with Crippen molar-refractivity contribution in [3.05, 3.63) is 76.4 Å². The molecule has 0 radical (unpaired) electrons. The van der Waals surface area contributed by atoms with Crippen LogP contribution < -0.4 is 20.1 Å². The highest BCUT2D eigenvalue weighted by atomic mass is 35.5. The molecule has 0 saturated carbocycles. The highest BCUT2D eigenvalue weighted by molar-refractivity contribution is 7.20. The summed E-state index contributed by atoms with van der Waals surface area (Å²) in [6.45, 7) is 6.97. The molecule has 2 N–H and O–H groups in total. The zero-order valence-electron chi connectivity index (χ0n) is 24.0. The van der Waals surface area contributed by atoms with E-state index in [2.05, 4.69) is 25.5 Å². The molecule has 43 heavy (non-hydrogen) atoms. The lowest BCUT2D eigenvalue weighted by Crippen LogP contribution is -2.37. The minimum atomic E-state index is -0.195. The van der Waals surface area contributed by atoms with Crippen LogP contribution in [0.3, 0.4) is 0 Å². The van der Waals surface area contributed by atoms with Crippen LogP contribution in [0.4, 0.5) is 17.2 Å². The molecule has 11 heteroatoms. The Kier molecular flexibility index (Phi) is 8.90. The Morgan fingerprint density at radius 2 is 1.95 bits per heavy atom. The number of halogens is 1. The van der Waals surface area contributed by atoms with E-state index < -0.39 is 0 Å². The first-order valence-corrected chi connectivity index (χ1v) is 15.3. The fourth-order valence-corrected chi connectivity index (χ4v) is 6.27. The number of carbonyl (C=O) groups excluding carboxylic acids is 1. The van der Waals surface area contributed by atoms with E-state index in [1.807, 2.05) is 55.5 Å². The Morgan fingerprint density at radius 3 is 2.77 bits per heavy atom. The van der Waals surface area contributed by atoms with Crippen LogP contribution in [0.5, 0.6) is 11.5 Å². The number of aryl methyl sites for hydroxylation is 1. The number of fused-ring (bicyclic) bond motifs is 2. The van der Waals surface area contributed by atoms with Crippen molar-refractivity contribution in [2.75, 3.05) is 57.2 Å². The van der Waals surface area contributed by atoms with E-state index in [1.165, 1.54) is 17.7 Å². The zero-order chi connectivity index (χ0) is 29.8. The summed E-state index contributed by atoms with van der Waals surface area (Å²) in [4.78, 5) is 25.0. The quantitative estimate of drug-likeness (QED) is 0.163. The van der Waals surface area contributed by atoms with Crippen LogP contribution in [0.15, 0.2) is 60.9 Å². The highest BCUT2D eigenvalue weighted by Crippen LogP contribution is 2.36. The Balaban J connectivity index is 1.17. The summed E-state index contributed by atoms with van der Waals surface area (Å²) in [5.41, 5.74) is 3.11. The van der Waals surface area contributed by atoms with Crippen LogP contribution in [0.1, 0.15) is 21.7 Å². The van der Waals surface area contributed by atoms with E-state index >= 15 is 0 Å². The first kappa shape index (κ1) is 29.1. The number of para-hydroxylation sites is 1. The monoisotopic (exact) mass is 617 g/mol. The minimum absolute atomic E-state index is 0.195. The third-order valence-corrected chi connectivity index (χ3v) is 8.79. The Bertz CT molecular complexity index is 1750. The van der Waals surface area contributed by atoms with E-state index in [-0.39, 0.29) is 5.91 Å². The van der Waals surface area contributed by atoms with E-state index in [4.69, 9.17) is 25.8 Å². The second kappa shape index (κ2) is 13.1. The number of nitrogens with one attached hydrogen (secondary N) is 2. The van der Waals surface area contributed by atoms with Gasteiger partial charge < -0.3 is 24.8 Å². The van der Waals surface area contributed by atoms with Crippen molar-refractivity contribution < 1.29 is 19.0 Å². The number of methoxy groups -OCH3 is 1. The third kappa shape index (κ3) is 6.67. The van der Waals surface area contributed by atoms with Crippen molar-refractivity contribution in [1.82, 2.24) is 14.9 Å². The van der Waals surface area contributed by atoms with Gasteiger partial charge in [-0.3, -0.25) is 9.69 Å². The van der Waals surface area contributed by atoms with Gasteiger partial charge in [-0.1, -0.05) is 23.7 Å². The fraction of sp³-hybridized carbons (Fsp3) is 0.281. The lowest BCUT2D eigenvalue weighted by molar-refractivity contribution is 0.0357. The summed E-state index contributed by atoms with van der Waals surface area (Å²) in [7, 11) is 1.63. The van der Waals surface area contributed by atoms with Gasteiger partial charge in [-0.2, -0.15) is 0 Å². The first-order chi connectivity index (χ1) is 21.0. The smallest absolute Gasteiger partial charge is 0.265 e. The van der Waals surface area contributed by atoms with Crippen LogP contribution in [0, 0.1) is 6.92 Å². The van der Waals surface area contributed by atoms with Crippen LogP contribution in [0.2, 0.25) is 5.02 Å². The van der Waals surface area contributed by atoms with Crippen molar-refractivity contribution in [2.24, 2.45) is 0 Å². The number of rotatable bonds is 10. The standard InChI is InChI=1S/C32H32ClN5O4S/c1-20-5-3-6-24(33)30(20)37-32(39)29-16-21-15-22(7-8-28(21)43-29)36-31-23-17-26(40-2)27(18-25(23)34-19-35-31)42-12-4-9-38-10-13-41-14-11-38/h3,5-8,15-19H,4,9-14H2,1-2H3,(H,37,39)(H,34,35,36). The topological polar surface area (TPSA) is 97.8 Å². The lowest BCUT2D eigenvalue weighted by atomic mass is 10.2. The number of carbonyl (C=O) groups is 1. The lowest BCUT2D eigenvalue weighted by Gasteiger charge is -2.26. The van der Waals surface area contributed by atoms with E-state index in [0.29, 0.717) is 39.5 Å². The molecule has 2 aromatic heterocycles. The highest BCUT2D eigenvalue weighted by Gasteiger charge is 2.16. The van der Waals surface area contributed by atoms with E-state index in [1.54, 1.807) is 13.2 Å². The Hall–Kier alpha value is -3.96. The fourth-order valence-electron chi connectivity index (χ4n) is 5.07. The largest absolute Gasteiger partial charge is 0.493 e. The molecule has 9 nitrogen and oxygen atoms in total. The molecule has 5 aromatic rings. The number of thiophene rings is 1. The van der Waals surface area contributed by atoms with E-state index in [0.717, 1.165) is 71.5 Å². The predicted molar refractivity (Wildman–Crippen MR) is 173 cm³/mol. The van der Waals surface area contributed by atoms with Gasteiger partial charge in [0.05, 0.1) is 48.0 Å². The minimum Gasteiger partial charge on any atom is -0.493 e. The second-order valence-corrected chi connectivity index (χ2v) is 11.8. The molecule has 0 spiro atoms.